The van der Waals surface area contributed by atoms with Gasteiger partial charge in [-0.15, -0.1) is 0 Å². The van der Waals surface area contributed by atoms with E-state index in [2.05, 4.69) is 51.4 Å². The second-order valence-electron chi connectivity index (χ2n) is 9.03. The first-order valence-electron chi connectivity index (χ1n) is 11.6. The van der Waals surface area contributed by atoms with Crippen molar-refractivity contribution in [3.05, 3.63) is 65.2 Å². The van der Waals surface area contributed by atoms with E-state index in [0.29, 0.717) is 0 Å². The first kappa shape index (κ1) is 19.2. The predicted molar refractivity (Wildman–Crippen MR) is 118 cm³/mol. The molecule has 3 aliphatic heterocycles. The van der Waals surface area contributed by atoms with Crippen LogP contribution in [0, 0.1) is 0 Å². The zero-order valence-corrected chi connectivity index (χ0v) is 18.0. The number of fused-ring (bicyclic) bond motifs is 3. The Labute approximate surface area is 183 Å². The van der Waals surface area contributed by atoms with Crippen LogP contribution in [0.25, 0.3) is 5.69 Å². The molecule has 1 saturated heterocycles. The number of benzene rings is 1. The molecule has 7 nitrogen and oxygen atoms in total. The number of hydrogen-bond acceptors (Lipinski definition) is 5. The molecule has 3 aromatic rings. The van der Waals surface area contributed by atoms with Crippen LogP contribution in [0.3, 0.4) is 0 Å². The van der Waals surface area contributed by atoms with Crippen molar-refractivity contribution in [3.8, 4) is 5.69 Å². The second-order valence-corrected chi connectivity index (χ2v) is 9.03. The van der Waals surface area contributed by atoms with E-state index < -0.39 is 0 Å². The minimum atomic E-state index is -0.237. The summed E-state index contributed by atoms with van der Waals surface area (Å²) in [6.45, 7) is 6.75. The number of ether oxygens (including phenoxy) is 1. The maximum absolute atomic E-state index is 6.43. The van der Waals surface area contributed by atoms with Gasteiger partial charge in [-0.1, -0.05) is 18.2 Å². The molecule has 1 fully saturated rings. The van der Waals surface area contributed by atoms with Crippen LogP contribution in [0.15, 0.2) is 42.6 Å². The van der Waals surface area contributed by atoms with Crippen LogP contribution < -0.4 is 5.32 Å². The van der Waals surface area contributed by atoms with Gasteiger partial charge in [-0.2, -0.15) is 10.2 Å². The Bertz CT molecular complexity index is 1020. The van der Waals surface area contributed by atoms with Crippen molar-refractivity contribution < 1.29 is 4.74 Å². The fraction of sp³-hybridized carbons (Fsp3) is 0.500. The summed E-state index contributed by atoms with van der Waals surface area (Å²) in [6.07, 6.45) is 6.27. The minimum absolute atomic E-state index is 0.237. The molecule has 1 aromatic carbocycles. The van der Waals surface area contributed by atoms with Gasteiger partial charge in [-0.3, -0.25) is 9.58 Å². The van der Waals surface area contributed by atoms with Gasteiger partial charge in [0.25, 0.3) is 0 Å². The molecule has 0 radical (unpaired) electrons. The summed E-state index contributed by atoms with van der Waals surface area (Å²) < 4.78 is 10.6. The Kier molecular flexibility index (Phi) is 4.89. The molecule has 162 valence electrons. The highest BCUT2D eigenvalue weighted by atomic mass is 16.5. The van der Waals surface area contributed by atoms with Gasteiger partial charge < -0.3 is 10.1 Å². The zero-order chi connectivity index (χ0) is 20.7. The molecule has 1 N–H and O–H groups in total. The van der Waals surface area contributed by atoms with Gasteiger partial charge in [0.1, 0.15) is 5.60 Å². The smallest absolute Gasteiger partial charge is 0.115 e. The van der Waals surface area contributed by atoms with Crippen molar-refractivity contribution in [2.75, 3.05) is 26.2 Å². The Morgan fingerprint density at radius 3 is 2.81 bits per heavy atom. The second kappa shape index (κ2) is 7.89. The largest absolute Gasteiger partial charge is 0.368 e. The molecule has 0 amide bonds. The lowest BCUT2D eigenvalue weighted by Crippen LogP contribution is -2.46. The van der Waals surface area contributed by atoms with Crippen LogP contribution in [0.2, 0.25) is 0 Å². The van der Waals surface area contributed by atoms with Crippen molar-refractivity contribution >= 4 is 0 Å². The highest BCUT2D eigenvalue weighted by molar-refractivity contribution is 5.35. The number of nitrogens with zero attached hydrogens (tertiary/aromatic N) is 5. The molecule has 2 aromatic heterocycles. The lowest BCUT2D eigenvalue weighted by atomic mass is 9.84. The molecule has 0 aliphatic carbocycles. The average molecular weight is 419 g/mol. The zero-order valence-electron chi connectivity index (χ0n) is 18.0. The van der Waals surface area contributed by atoms with Gasteiger partial charge in [0, 0.05) is 38.9 Å². The van der Waals surface area contributed by atoms with E-state index in [4.69, 9.17) is 14.9 Å². The van der Waals surface area contributed by atoms with Gasteiger partial charge in [0.15, 0.2) is 0 Å². The molecule has 1 spiro atoms. The highest BCUT2D eigenvalue weighted by Crippen LogP contribution is 2.41. The van der Waals surface area contributed by atoms with Crippen LogP contribution in [0.4, 0.5) is 0 Å². The monoisotopic (exact) mass is 418 g/mol. The highest BCUT2D eigenvalue weighted by Gasteiger charge is 2.43. The summed E-state index contributed by atoms with van der Waals surface area (Å²) >= 11 is 0. The molecule has 31 heavy (non-hydrogen) atoms. The van der Waals surface area contributed by atoms with Gasteiger partial charge in [0.05, 0.1) is 29.4 Å². The topological polar surface area (TPSA) is 60.1 Å². The number of likely N-dealkylation sites (tertiary alicyclic amines) is 1. The maximum Gasteiger partial charge on any atom is 0.115 e. The molecule has 6 rings (SSSR count). The fourth-order valence-electron chi connectivity index (χ4n) is 5.29. The van der Waals surface area contributed by atoms with Crippen LogP contribution in [-0.2, 0) is 36.4 Å². The number of rotatable bonds is 3. The number of nitrogens with one attached hydrogen (secondary N) is 1. The van der Waals surface area contributed by atoms with E-state index in [0.717, 1.165) is 82.9 Å². The normalized spacial score (nSPS) is 20.9. The third-order valence-corrected chi connectivity index (χ3v) is 6.98. The fourth-order valence-corrected chi connectivity index (χ4v) is 5.29. The van der Waals surface area contributed by atoms with Crippen LogP contribution in [0.1, 0.15) is 41.9 Å². The molecular weight excluding hydrogens is 388 g/mol. The quantitative estimate of drug-likeness (QED) is 0.709. The number of aromatic nitrogens is 4. The third kappa shape index (κ3) is 3.60. The summed E-state index contributed by atoms with van der Waals surface area (Å²) in [5, 5.41) is 13.4. The summed E-state index contributed by atoms with van der Waals surface area (Å²) in [7, 11) is 0. The number of hydrogen-bond donors (Lipinski definition) is 1. The Hall–Kier alpha value is -2.48. The van der Waals surface area contributed by atoms with Crippen molar-refractivity contribution in [1.82, 2.24) is 29.8 Å². The van der Waals surface area contributed by atoms with Crippen molar-refractivity contribution in [1.29, 1.82) is 0 Å². The summed E-state index contributed by atoms with van der Waals surface area (Å²) in [5.74, 6) is 0. The average Bonchev–Trinajstić information content (AvgIpc) is 3.35. The molecule has 0 unspecified atom stereocenters. The number of para-hydroxylation sites is 1. The molecule has 0 bridgehead atoms. The first-order chi connectivity index (χ1) is 15.3. The maximum atomic E-state index is 6.43. The predicted octanol–water partition coefficient (Wildman–Crippen LogP) is 2.63. The van der Waals surface area contributed by atoms with Gasteiger partial charge >= 0.3 is 0 Å². The Balaban J connectivity index is 1.17. The van der Waals surface area contributed by atoms with E-state index in [1.807, 2.05) is 10.7 Å². The van der Waals surface area contributed by atoms with Crippen LogP contribution >= 0.6 is 0 Å². The van der Waals surface area contributed by atoms with E-state index in [1.165, 1.54) is 17.0 Å². The number of piperidine rings is 1. The first-order valence-corrected chi connectivity index (χ1v) is 11.6. The molecule has 3 aliphatic rings. The molecule has 5 heterocycles. The van der Waals surface area contributed by atoms with Gasteiger partial charge in [-0.25, -0.2) is 4.68 Å². The number of aryl methyl sites for hydroxylation is 1. The van der Waals surface area contributed by atoms with Gasteiger partial charge in [-0.05, 0) is 56.0 Å². The standard InChI is InChI=1S/C24H30N6O/c1-2-5-21(6-3-1)30-17-19-7-14-31-24(23(19)27-30)8-12-28(13-9-24)18-20-15-22-16-25-10-4-11-29(22)26-20/h1-3,5-6,15,17,25H,4,7-14,16,18H2. The summed E-state index contributed by atoms with van der Waals surface area (Å²) in [5.41, 5.74) is 5.87. The Morgan fingerprint density at radius 2 is 1.94 bits per heavy atom. The Morgan fingerprint density at radius 1 is 1.06 bits per heavy atom. The van der Waals surface area contributed by atoms with Gasteiger partial charge in [0.2, 0.25) is 0 Å². The summed E-state index contributed by atoms with van der Waals surface area (Å²) in [6, 6.07) is 12.7. The molecule has 7 heteroatoms. The third-order valence-electron chi connectivity index (χ3n) is 6.98. The molecule has 0 atom stereocenters. The SMILES string of the molecule is c1ccc(-n2cc3c(n2)C2(CCN(Cc4cc5n(n4)CCCNC5)CC2)OCC3)cc1. The summed E-state index contributed by atoms with van der Waals surface area (Å²) in [4.78, 5) is 2.52. The van der Waals surface area contributed by atoms with Crippen LogP contribution in [-0.4, -0.2) is 50.7 Å². The molecular formula is C24H30N6O. The molecule has 0 saturated carbocycles. The van der Waals surface area contributed by atoms with Crippen LogP contribution in [0.5, 0.6) is 0 Å². The minimum Gasteiger partial charge on any atom is -0.368 e. The van der Waals surface area contributed by atoms with Crippen molar-refractivity contribution in [3.63, 3.8) is 0 Å². The van der Waals surface area contributed by atoms with Crippen molar-refractivity contribution in [2.45, 2.75) is 50.9 Å². The van der Waals surface area contributed by atoms with E-state index in [-0.39, 0.29) is 5.60 Å². The lowest BCUT2D eigenvalue weighted by Gasteiger charge is -2.42. The van der Waals surface area contributed by atoms with E-state index in [9.17, 15) is 0 Å². The van der Waals surface area contributed by atoms with E-state index >= 15 is 0 Å². The van der Waals surface area contributed by atoms with Crippen molar-refractivity contribution in [2.24, 2.45) is 0 Å². The lowest BCUT2D eigenvalue weighted by molar-refractivity contribution is -0.102. The van der Waals surface area contributed by atoms with E-state index in [1.54, 1.807) is 0 Å².